The Labute approximate surface area is 80.6 Å². The first kappa shape index (κ1) is 12.1. The number of carboxylic acid groups (broad SMARTS) is 1. The summed E-state index contributed by atoms with van der Waals surface area (Å²) in [5.41, 5.74) is 0. The Hall–Kier alpha value is 0.130. The summed E-state index contributed by atoms with van der Waals surface area (Å²) >= 11 is 0. The summed E-state index contributed by atoms with van der Waals surface area (Å²) in [6.07, 6.45) is 2.25. The minimum atomic E-state index is -0.896. The molecular weight excluding hydrogens is 196 g/mol. The van der Waals surface area contributed by atoms with Crippen LogP contribution in [0.1, 0.15) is 13.3 Å². The van der Waals surface area contributed by atoms with Gasteiger partial charge in [0.05, 0.1) is 0 Å². The van der Waals surface area contributed by atoms with E-state index in [1.165, 1.54) is 0 Å². The molecule has 0 fully saturated rings. The van der Waals surface area contributed by atoms with Crippen molar-refractivity contribution in [3.63, 3.8) is 0 Å². The molecule has 0 heterocycles. The highest BCUT2D eigenvalue weighted by molar-refractivity contribution is 8.76. The monoisotopic (exact) mass is 210 g/mol. The molecule has 0 rings (SSSR count). The van der Waals surface area contributed by atoms with Gasteiger partial charge in [0.2, 0.25) is 0 Å². The van der Waals surface area contributed by atoms with Crippen molar-refractivity contribution in [2.75, 3.05) is 18.6 Å². The first-order valence-corrected chi connectivity index (χ1v) is 6.41. The highest BCUT2D eigenvalue weighted by Gasteiger charge is 2.09. The van der Waals surface area contributed by atoms with Crippen molar-refractivity contribution in [3.8, 4) is 0 Å². The molecule has 0 aromatic heterocycles. The lowest BCUT2D eigenvalue weighted by Gasteiger charge is -2.06. The van der Waals surface area contributed by atoms with E-state index in [1.54, 1.807) is 28.5 Å². The van der Waals surface area contributed by atoms with Gasteiger partial charge in [-0.3, -0.25) is 0 Å². The van der Waals surface area contributed by atoms with Crippen molar-refractivity contribution in [1.82, 2.24) is 0 Å². The second kappa shape index (κ2) is 7.76. The molecular formula is C7H14O3S2. The van der Waals surface area contributed by atoms with E-state index < -0.39 is 12.1 Å². The molecule has 0 aromatic carbocycles. The fourth-order valence-corrected chi connectivity index (χ4v) is 1.79. The van der Waals surface area contributed by atoms with E-state index in [0.29, 0.717) is 6.61 Å². The molecule has 0 aromatic rings. The van der Waals surface area contributed by atoms with Gasteiger partial charge in [-0.1, -0.05) is 21.6 Å². The number of carboxylic acids is 1. The Morgan fingerprint density at radius 1 is 1.67 bits per heavy atom. The summed E-state index contributed by atoms with van der Waals surface area (Å²) in [6, 6.07) is 0. The van der Waals surface area contributed by atoms with Crippen LogP contribution in [0.25, 0.3) is 0 Å². The zero-order chi connectivity index (χ0) is 9.40. The van der Waals surface area contributed by atoms with Gasteiger partial charge in [-0.05, 0) is 19.6 Å². The Morgan fingerprint density at radius 3 is 2.83 bits per heavy atom. The zero-order valence-corrected chi connectivity index (χ0v) is 8.91. The van der Waals surface area contributed by atoms with Gasteiger partial charge in [0, 0.05) is 12.4 Å². The third-order valence-electron chi connectivity index (χ3n) is 1.21. The number of aliphatic carboxylic acids is 1. The van der Waals surface area contributed by atoms with Crippen molar-refractivity contribution in [2.24, 2.45) is 0 Å². The SMILES string of the molecule is CSSCCCO[C@H](C)C(=O)O. The first-order valence-electron chi connectivity index (χ1n) is 3.68. The van der Waals surface area contributed by atoms with Crippen molar-refractivity contribution in [1.29, 1.82) is 0 Å². The minimum absolute atomic E-state index is 0.529. The first-order chi connectivity index (χ1) is 5.68. The Kier molecular flexibility index (Phi) is 7.85. The quantitative estimate of drug-likeness (QED) is 0.513. The second-order valence-corrected chi connectivity index (χ2v) is 4.88. The average Bonchev–Trinajstić information content (AvgIpc) is 2.03. The standard InChI is InChI=1S/C7H14O3S2/c1-6(7(8)9)10-4-3-5-12-11-2/h6H,3-5H2,1-2H3,(H,8,9)/t6-/m1/s1. The molecule has 0 aliphatic rings. The van der Waals surface area contributed by atoms with Crippen LogP contribution in [0.15, 0.2) is 0 Å². The molecule has 1 N–H and O–H groups in total. The fraction of sp³-hybridized carbons (Fsp3) is 0.857. The maximum atomic E-state index is 10.3. The molecule has 12 heavy (non-hydrogen) atoms. The Bertz CT molecular complexity index is 130. The van der Waals surface area contributed by atoms with E-state index in [1.807, 2.05) is 6.26 Å². The van der Waals surface area contributed by atoms with Crippen molar-refractivity contribution in [3.05, 3.63) is 0 Å². The molecule has 0 aliphatic carbocycles. The Balaban J connectivity index is 3.14. The summed E-state index contributed by atoms with van der Waals surface area (Å²) < 4.78 is 5.03. The molecule has 72 valence electrons. The zero-order valence-electron chi connectivity index (χ0n) is 7.28. The van der Waals surface area contributed by atoms with Gasteiger partial charge in [0.1, 0.15) is 0 Å². The molecule has 0 aliphatic heterocycles. The van der Waals surface area contributed by atoms with E-state index in [0.717, 1.165) is 12.2 Å². The highest BCUT2D eigenvalue weighted by atomic mass is 33.1. The predicted octanol–water partition coefficient (Wildman–Crippen LogP) is 1.88. The van der Waals surface area contributed by atoms with E-state index in [9.17, 15) is 4.79 Å². The van der Waals surface area contributed by atoms with Crippen molar-refractivity contribution in [2.45, 2.75) is 19.4 Å². The van der Waals surface area contributed by atoms with Gasteiger partial charge in [0.25, 0.3) is 0 Å². The van der Waals surface area contributed by atoms with Crippen molar-refractivity contribution < 1.29 is 14.6 Å². The third-order valence-corrected chi connectivity index (χ3v) is 3.10. The molecule has 0 saturated carbocycles. The highest BCUT2D eigenvalue weighted by Crippen LogP contribution is 2.17. The molecule has 0 spiro atoms. The van der Waals surface area contributed by atoms with E-state index in [4.69, 9.17) is 9.84 Å². The summed E-state index contributed by atoms with van der Waals surface area (Å²) in [7, 11) is 3.47. The summed E-state index contributed by atoms with van der Waals surface area (Å²) in [5.74, 6) is 0.112. The van der Waals surface area contributed by atoms with Crippen LogP contribution >= 0.6 is 21.6 Å². The Morgan fingerprint density at radius 2 is 2.33 bits per heavy atom. The van der Waals surface area contributed by atoms with Gasteiger partial charge in [-0.2, -0.15) is 0 Å². The lowest BCUT2D eigenvalue weighted by atomic mass is 10.4. The number of hydrogen-bond donors (Lipinski definition) is 1. The summed E-state index contributed by atoms with van der Waals surface area (Å²) in [5, 5.41) is 8.45. The van der Waals surface area contributed by atoms with Crippen LogP contribution in [0, 0.1) is 0 Å². The van der Waals surface area contributed by atoms with E-state index >= 15 is 0 Å². The fourth-order valence-electron chi connectivity index (χ4n) is 0.533. The molecule has 3 nitrogen and oxygen atoms in total. The number of rotatable bonds is 7. The topological polar surface area (TPSA) is 46.5 Å². The number of carbonyl (C=O) groups is 1. The minimum Gasteiger partial charge on any atom is -0.479 e. The predicted molar refractivity (Wildman–Crippen MR) is 53.6 cm³/mol. The van der Waals surface area contributed by atoms with E-state index in [2.05, 4.69) is 0 Å². The molecule has 1 atom stereocenters. The van der Waals surface area contributed by atoms with Crippen LogP contribution in [0.2, 0.25) is 0 Å². The van der Waals surface area contributed by atoms with Gasteiger partial charge in [0.15, 0.2) is 6.10 Å². The molecule has 0 radical (unpaired) electrons. The second-order valence-electron chi connectivity index (χ2n) is 2.19. The normalized spacial score (nSPS) is 12.8. The van der Waals surface area contributed by atoms with Crippen LogP contribution in [0.5, 0.6) is 0 Å². The van der Waals surface area contributed by atoms with Gasteiger partial charge >= 0.3 is 5.97 Å². The summed E-state index contributed by atoms with van der Waals surface area (Å²) in [6.45, 7) is 2.07. The van der Waals surface area contributed by atoms with Crippen molar-refractivity contribution >= 4 is 27.6 Å². The molecule has 0 bridgehead atoms. The van der Waals surface area contributed by atoms with Crippen LogP contribution < -0.4 is 0 Å². The number of hydrogen-bond acceptors (Lipinski definition) is 4. The third kappa shape index (κ3) is 6.82. The van der Waals surface area contributed by atoms with Crippen LogP contribution in [-0.2, 0) is 9.53 Å². The van der Waals surface area contributed by atoms with E-state index in [-0.39, 0.29) is 0 Å². The average molecular weight is 210 g/mol. The lowest BCUT2D eigenvalue weighted by Crippen LogP contribution is -2.20. The largest absolute Gasteiger partial charge is 0.479 e. The van der Waals surface area contributed by atoms with Crippen LogP contribution in [-0.4, -0.2) is 35.8 Å². The molecule has 0 amide bonds. The number of ether oxygens (including phenoxy) is 1. The van der Waals surface area contributed by atoms with Gasteiger partial charge in [-0.15, -0.1) is 0 Å². The van der Waals surface area contributed by atoms with Crippen LogP contribution in [0.3, 0.4) is 0 Å². The summed E-state index contributed by atoms with van der Waals surface area (Å²) in [4.78, 5) is 10.3. The lowest BCUT2D eigenvalue weighted by molar-refractivity contribution is -0.149. The van der Waals surface area contributed by atoms with Crippen LogP contribution in [0.4, 0.5) is 0 Å². The van der Waals surface area contributed by atoms with Gasteiger partial charge < -0.3 is 9.84 Å². The molecule has 5 heteroatoms. The molecule has 0 saturated heterocycles. The smallest absolute Gasteiger partial charge is 0.332 e. The van der Waals surface area contributed by atoms with Gasteiger partial charge in [-0.25, -0.2) is 4.79 Å². The molecule has 0 unspecified atom stereocenters. The maximum Gasteiger partial charge on any atom is 0.332 e. The maximum absolute atomic E-state index is 10.3.